The number of nitrogens with one attached hydrogen (secondary N) is 2. The van der Waals surface area contributed by atoms with Crippen molar-refractivity contribution in [1.82, 2.24) is 29.8 Å². The highest BCUT2D eigenvalue weighted by Gasteiger charge is 2.19. The van der Waals surface area contributed by atoms with Crippen molar-refractivity contribution in [3.8, 4) is 0 Å². The predicted octanol–water partition coefficient (Wildman–Crippen LogP) is 2.21. The molecule has 4 aromatic heterocycles. The van der Waals surface area contributed by atoms with Crippen LogP contribution >= 0.6 is 0 Å². The van der Waals surface area contributed by atoms with Crippen LogP contribution in [0.3, 0.4) is 0 Å². The Bertz CT molecular complexity index is 1470. The third-order valence-corrected chi connectivity index (χ3v) is 7.37. The summed E-state index contributed by atoms with van der Waals surface area (Å²) >= 11 is 0. The molecule has 0 aromatic carbocycles. The Kier molecular flexibility index (Phi) is 6.46. The average Bonchev–Trinajstić information content (AvgIpc) is 3.26. The van der Waals surface area contributed by atoms with E-state index in [0.717, 1.165) is 54.0 Å². The summed E-state index contributed by atoms with van der Waals surface area (Å²) in [4.78, 5) is 20.3. The van der Waals surface area contributed by atoms with Crippen molar-refractivity contribution in [3.05, 3.63) is 60.7 Å². The normalized spacial score (nSPS) is 16.3. The summed E-state index contributed by atoms with van der Waals surface area (Å²) in [5, 5.41) is 7.55. The topological polar surface area (TPSA) is 121 Å². The van der Waals surface area contributed by atoms with Crippen LogP contribution < -0.4 is 19.8 Å². The highest BCUT2D eigenvalue weighted by Crippen LogP contribution is 2.23. The fourth-order valence-electron chi connectivity index (χ4n) is 4.25. The molecule has 1 atom stereocenters. The number of hydrogen-bond donors (Lipinski definition) is 2. The molecule has 0 bridgehead atoms. The van der Waals surface area contributed by atoms with Crippen molar-refractivity contribution >= 4 is 44.3 Å². The van der Waals surface area contributed by atoms with Crippen LogP contribution in [0.25, 0.3) is 11.0 Å². The van der Waals surface area contributed by atoms with Crippen molar-refractivity contribution in [2.75, 3.05) is 47.5 Å². The standard InChI is InChI=1S/C24H29N9O2S/c1-17-15-32(12-10-25-17)21-7-6-20(14-27-21)29-24-28-13-18-8-11-33(23(18)30-24)16-19-5-4-9-26-22(19)31(2)36(3,34)35/h4-9,11,13-14,17,25H,10,12,15-16H2,1-3H3,(H,28,29,30)/t17-/m0/s1. The van der Waals surface area contributed by atoms with E-state index in [1.54, 1.807) is 24.7 Å². The number of pyridine rings is 2. The lowest BCUT2D eigenvalue weighted by atomic mass is 10.2. The number of anilines is 4. The Labute approximate surface area is 210 Å². The van der Waals surface area contributed by atoms with E-state index in [9.17, 15) is 8.42 Å². The molecular weight excluding hydrogens is 478 g/mol. The first kappa shape index (κ1) is 23.9. The summed E-state index contributed by atoms with van der Waals surface area (Å²) in [5.41, 5.74) is 2.28. The van der Waals surface area contributed by atoms with Gasteiger partial charge in [0.05, 0.1) is 24.7 Å². The minimum Gasteiger partial charge on any atom is -0.354 e. The Morgan fingerprint density at radius 3 is 2.78 bits per heavy atom. The Morgan fingerprint density at radius 1 is 1.17 bits per heavy atom. The van der Waals surface area contributed by atoms with E-state index in [1.165, 1.54) is 11.4 Å². The second-order valence-electron chi connectivity index (χ2n) is 8.96. The van der Waals surface area contributed by atoms with Crippen LogP contribution in [0.1, 0.15) is 12.5 Å². The highest BCUT2D eigenvalue weighted by molar-refractivity contribution is 7.92. The molecule has 0 amide bonds. The Balaban J connectivity index is 1.36. The van der Waals surface area contributed by atoms with Gasteiger partial charge in [-0.15, -0.1) is 0 Å². The van der Waals surface area contributed by atoms with E-state index in [-0.39, 0.29) is 0 Å². The second kappa shape index (κ2) is 9.70. The third-order valence-electron chi connectivity index (χ3n) is 6.20. The van der Waals surface area contributed by atoms with E-state index in [4.69, 9.17) is 4.98 Å². The molecule has 0 radical (unpaired) electrons. The molecule has 1 fully saturated rings. The van der Waals surface area contributed by atoms with Gasteiger partial charge in [-0.1, -0.05) is 6.07 Å². The minimum absolute atomic E-state index is 0.388. The van der Waals surface area contributed by atoms with Gasteiger partial charge in [0.2, 0.25) is 16.0 Å². The van der Waals surface area contributed by atoms with E-state index in [2.05, 4.69) is 37.4 Å². The van der Waals surface area contributed by atoms with Crippen LogP contribution in [-0.4, -0.2) is 71.9 Å². The van der Waals surface area contributed by atoms with Crippen molar-refractivity contribution in [2.45, 2.75) is 19.5 Å². The zero-order valence-corrected chi connectivity index (χ0v) is 21.3. The lowest BCUT2D eigenvalue weighted by molar-refractivity contribution is 0.482. The van der Waals surface area contributed by atoms with Gasteiger partial charge >= 0.3 is 0 Å². The van der Waals surface area contributed by atoms with E-state index in [0.29, 0.717) is 24.4 Å². The van der Waals surface area contributed by atoms with Crippen LogP contribution in [0, 0.1) is 0 Å². The number of aromatic nitrogens is 5. The van der Waals surface area contributed by atoms with Gasteiger partial charge in [0.15, 0.2) is 0 Å². The van der Waals surface area contributed by atoms with Crippen LogP contribution in [0.4, 0.5) is 23.3 Å². The molecule has 36 heavy (non-hydrogen) atoms. The molecular formula is C24H29N9O2S. The number of fused-ring (bicyclic) bond motifs is 1. The van der Waals surface area contributed by atoms with E-state index in [1.807, 2.05) is 35.0 Å². The van der Waals surface area contributed by atoms with Gasteiger partial charge in [-0.2, -0.15) is 4.98 Å². The first-order valence-corrected chi connectivity index (χ1v) is 13.5. The van der Waals surface area contributed by atoms with Gasteiger partial charge in [-0.25, -0.2) is 23.4 Å². The first-order chi connectivity index (χ1) is 17.3. The van der Waals surface area contributed by atoms with Crippen LogP contribution in [0.15, 0.2) is 55.1 Å². The molecule has 0 aliphatic carbocycles. The van der Waals surface area contributed by atoms with Gasteiger partial charge < -0.3 is 20.1 Å². The van der Waals surface area contributed by atoms with Crippen molar-refractivity contribution in [2.24, 2.45) is 0 Å². The third kappa shape index (κ3) is 5.09. The summed E-state index contributed by atoms with van der Waals surface area (Å²) in [5.74, 6) is 1.79. The van der Waals surface area contributed by atoms with Gasteiger partial charge in [-0.05, 0) is 31.2 Å². The molecule has 1 aliphatic heterocycles. The summed E-state index contributed by atoms with van der Waals surface area (Å²) in [6.07, 6.45) is 8.20. The number of rotatable bonds is 7. The second-order valence-corrected chi connectivity index (χ2v) is 11.0. The smallest absolute Gasteiger partial charge is 0.233 e. The molecule has 5 rings (SSSR count). The molecule has 188 valence electrons. The van der Waals surface area contributed by atoms with Crippen LogP contribution in [0.2, 0.25) is 0 Å². The SMILES string of the molecule is C[C@H]1CN(c2ccc(Nc3ncc4ccn(Cc5cccnc5N(C)S(C)(=O)=O)c4n3)cn2)CCN1. The monoisotopic (exact) mass is 507 g/mol. The molecule has 5 heterocycles. The summed E-state index contributed by atoms with van der Waals surface area (Å²) < 4.78 is 27.3. The van der Waals surface area contributed by atoms with Crippen LogP contribution in [-0.2, 0) is 16.6 Å². The summed E-state index contributed by atoms with van der Waals surface area (Å²) in [7, 11) is -1.94. The average molecular weight is 508 g/mol. The number of nitrogens with zero attached hydrogens (tertiary/aromatic N) is 7. The fraction of sp³-hybridized carbons (Fsp3) is 0.333. The van der Waals surface area contributed by atoms with Gasteiger partial charge in [-0.3, -0.25) is 4.31 Å². The summed E-state index contributed by atoms with van der Waals surface area (Å²) in [6.45, 7) is 5.38. The molecule has 0 spiro atoms. The van der Waals surface area contributed by atoms with Crippen molar-refractivity contribution in [3.63, 3.8) is 0 Å². The lowest BCUT2D eigenvalue weighted by Gasteiger charge is -2.32. The quantitative estimate of drug-likeness (QED) is 0.388. The fourth-order valence-corrected chi connectivity index (χ4v) is 4.73. The molecule has 1 saturated heterocycles. The largest absolute Gasteiger partial charge is 0.354 e. The van der Waals surface area contributed by atoms with E-state index < -0.39 is 10.0 Å². The highest BCUT2D eigenvalue weighted by atomic mass is 32.2. The zero-order chi connectivity index (χ0) is 25.3. The Morgan fingerprint density at radius 2 is 2.03 bits per heavy atom. The molecule has 12 heteroatoms. The first-order valence-electron chi connectivity index (χ1n) is 11.7. The van der Waals surface area contributed by atoms with Crippen LogP contribution in [0.5, 0.6) is 0 Å². The molecule has 11 nitrogen and oxygen atoms in total. The van der Waals surface area contributed by atoms with E-state index >= 15 is 0 Å². The van der Waals surface area contributed by atoms with Gasteiger partial charge in [0.25, 0.3) is 0 Å². The zero-order valence-electron chi connectivity index (χ0n) is 20.5. The lowest BCUT2D eigenvalue weighted by Crippen LogP contribution is -2.49. The van der Waals surface area contributed by atoms with Gasteiger partial charge in [0.1, 0.15) is 17.3 Å². The molecule has 0 unspecified atom stereocenters. The predicted molar refractivity (Wildman–Crippen MR) is 141 cm³/mol. The maximum Gasteiger partial charge on any atom is 0.233 e. The summed E-state index contributed by atoms with van der Waals surface area (Å²) in [6, 6.07) is 10.0. The number of sulfonamides is 1. The van der Waals surface area contributed by atoms with Crippen molar-refractivity contribution in [1.29, 1.82) is 0 Å². The maximum atomic E-state index is 12.1. The van der Waals surface area contributed by atoms with Crippen molar-refractivity contribution < 1.29 is 8.42 Å². The maximum absolute atomic E-state index is 12.1. The number of piperazine rings is 1. The van der Waals surface area contributed by atoms with Gasteiger partial charge in [0, 0.05) is 62.3 Å². The Hall–Kier alpha value is -3.77. The molecule has 1 aliphatic rings. The molecule has 2 N–H and O–H groups in total. The molecule has 4 aromatic rings. The number of hydrogen-bond acceptors (Lipinski definition) is 9. The molecule has 0 saturated carbocycles. The minimum atomic E-state index is -3.44.